The Morgan fingerprint density at radius 3 is 2.41 bits per heavy atom. The number of hydrogen-bond donors (Lipinski definition) is 1. The fourth-order valence-corrected chi connectivity index (χ4v) is 2.71. The molecular formula is C15H19NO. The minimum Gasteiger partial charge on any atom is -0.391 e. The van der Waals surface area contributed by atoms with Gasteiger partial charge in [-0.1, -0.05) is 44.0 Å². The van der Waals surface area contributed by atoms with Crippen molar-refractivity contribution in [3.8, 4) is 6.07 Å². The Balaban J connectivity index is 2.18. The molecule has 0 radical (unpaired) electrons. The van der Waals surface area contributed by atoms with Gasteiger partial charge >= 0.3 is 0 Å². The number of benzene rings is 1. The summed E-state index contributed by atoms with van der Waals surface area (Å²) in [6.45, 7) is 2.11. The van der Waals surface area contributed by atoms with Crippen molar-refractivity contribution in [3.63, 3.8) is 0 Å². The summed E-state index contributed by atoms with van der Waals surface area (Å²) in [5.41, 5.74) is 1.87. The molecule has 1 aromatic carbocycles. The van der Waals surface area contributed by atoms with Crippen LogP contribution in [0.3, 0.4) is 0 Å². The maximum absolute atomic E-state index is 10.3. The molecule has 0 spiro atoms. The van der Waals surface area contributed by atoms with Crippen LogP contribution in [-0.2, 0) is 12.8 Å². The van der Waals surface area contributed by atoms with E-state index in [1.807, 2.05) is 12.1 Å². The van der Waals surface area contributed by atoms with E-state index in [1.165, 1.54) is 11.1 Å². The van der Waals surface area contributed by atoms with Crippen LogP contribution in [0.4, 0.5) is 0 Å². The first-order chi connectivity index (χ1) is 8.22. The fraction of sp³-hybridized carbons (Fsp3) is 0.533. The van der Waals surface area contributed by atoms with Crippen LogP contribution >= 0.6 is 0 Å². The first kappa shape index (κ1) is 12.1. The molecule has 2 heteroatoms. The van der Waals surface area contributed by atoms with Gasteiger partial charge in [0.25, 0.3) is 0 Å². The smallest absolute Gasteiger partial charge is 0.0912 e. The maximum Gasteiger partial charge on any atom is 0.0912 e. The Hall–Kier alpha value is -1.33. The third kappa shape index (κ3) is 2.21. The zero-order valence-corrected chi connectivity index (χ0v) is 10.3. The van der Waals surface area contributed by atoms with E-state index in [-0.39, 0.29) is 0 Å². The summed E-state index contributed by atoms with van der Waals surface area (Å²) in [4.78, 5) is 0. The maximum atomic E-state index is 10.3. The lowest BCUT2D eigenvalue weighted by molar-refractivity contribution is 0.0601. The molecule has 1 N–H and O–H groups in total. The Kier molecular flexibility index (Phi) is 3.49. The van der Waals surface area contributed by atoms with Crippen LogP contribution in [0.2, 0.25) is 0 Å². The van der Waals surface area contributed by atoms with E-state index in [2.05, 4.69) is 25.1 Å². The van der Waals surface area contributed by atoms with Crippen molar-refractivity contribution in [2.75, 3.05) is 0 Å². The molecule has 1 aliphatic rings. The third-order valence-electron chi connectivity index (χ3n) is 3.82. The van der Waals surface area contributed by atoms with Crippen LogP contribution in [0.25, 0.3) is 0 Å². The molecule has 1 unspecified atom stereocenters. The summed E-state index contributed by atoms with van der Waals surface area (Å²) >= 11 is 0. The molecule has 2 nitrogen and oxygen atoms in total. The average Bonchev–Trinajstić information content (AvgIpc) is 2.75. The van der Waals surface area contributed by atoms with E-state index in [0.29, 0.717) is 12.8 Å². The first-order valence-electron chi connectivity index (χ1n) is 6.38. The van der Waals surface area contributed by atoms with Gasteiger partial charge in [-0.05, 0) is 30.4 Å². The summed E-state index contributed by atoms with van der Waals surface area (Å²) in [5.74, 6) is 0. The van der Waals surface area contributed by atoms with Crippen molar-refractivity contribution in [1.82, 2.24) is 0 Å². The molecule has 0 aliphatic heterocycles. The number of unbranched alkanes of at least 4 members (excludes halogenated alkanes) is 1. The third-order valence-corrected chi connectivity index (χ3v) is 3.82. The van der Waals surface area contributed by atoms with Crippen LogP contribution in [0.15, 0.2) is 24.3 Å². The Bertz CT molecular complexity index is 408. The molecule has 0 fully saturated rings. The molecule has 0 amide bonds. The van der Waals surface area contributed by atoms with Crippen molar-refractivity contribution in [2.45, 2.75) is 45.1 Å². The van der Waals surface area contributed by atoms with Gasteiger partial charge in [-0.25, -0.2) is 0 Å². The molecule has 1 aliphatic carbocycles. The number of fused-ring (bicyclic) bond motifs is 1. The molecule has 17 heavy (non-hydrogen) atoms. The number of nitriles is 1. The molecule has 1 atom stereocenters. The van der Waals surface area contributed by atoms with E-state index in [9.17, 15) is 10.4 Å². The van der Waals surface area contributed by atoms with Crippen molar-refractivity contribution in [1.29, 1.82) is 5.26 Å². The van der Waals surface area contributed by atoms with E-state index < -0.39 is 11.5 Å². The summed E-state index contributed by atoms with van der Waals surface area (Å²) in [6.07, 6.45) is 3.68. The number of hydrogen-bond acceptors (Lipinski definition) is 2. The van der Waals surface area contributed by atoms with Crippen molar-refractivity contribution in [2.24, 2.45) is 5.41 Å². The Morgan fingerprint density at radius 2 is 1.94 bits per heavy atom. The van der Waals surface area contributed by atoms with Gasteiger partial charge in [0, 0.05) is 0 Å². The lowest BCUT2D eigenvalue weighted by Crippen LogP contribution is -2.34. The zero-order valence-electron chi connectivity index (χ0n) is 10.3. The molecule has 2 rings (SSSR count). The van der Waals surface area contributed by atoms with E-state index in [4.69, 9.17) is 0 Å². The molecule has 0 aromatic heterocycles. The average molecular weight is 229 g/mol. The number of aliphatic hydroxyl groups excluding tert-OH is 1. The molecule has 1 aromatic rings. The zero-order chi connectivity index (χ0) is 12.3. The topological polar surface area (TPSA) is 44.0 Å². The Morgan fingerprint density at radius 1 is 1.35 bits per heavy atom. The van der Waals surface area contributed by atoms with Gasteiger partial charge in [-0.2, -0.15) is 5.26 Å². The van der Waals surface area contributed by atoms with E-state index >= 15 is 0 Å². The van der Waals surface area contributed by atoms with Gasteiger partial charge in [-0.3, -0.25) is 0 Å². The number of nitrogens with zero attached hydrogens (tertiary/aromatic N) is 1. The van der Waals surface area contributed by atoms with E-state index in [1.54, 1.807) is 0 Å². The highest BCUT2D eigenvalue weighted by Crippen LogP contribution is 2.40. The van der Waals surface area contributed by atoms with Crippen LogP contribution in [0.5, 0.6) is 0 Å². The summed E-state index contributed by atoms with van der Waals surface area (Å²) < 4.78 is 0. The number of aliphatic hydroxyl groups is 1. The largest absolute Gasteiger partial charge is 0.391 e. The second kappa shape index (κ2) is 4.89. The highest BCUT2D eigenvalue weighted by atomic mass is 16.3. The standard InChI is InChI=1S/C15H19NO/c1-2-3-8-14(17)15(11-16)9-12-6-4-5-7-13(12)10-15/h4-7,14,17H,2-3,8-10H2,1H3. The van der Waals surface area contributed by atoms with Crippen LogP contribution < -0.4 is 0 Å². The molecule has 0 heterocycles. The van der Waals surface area contributed by atoms with Gasteiger partial charge < -0.3 is 5.11 Å². The molecule has 90 valence electrons. The van der Waals surface area contributed by atoms with Crippen molar-refractivity contribution < 1.29 is 5.11 Å². The minimum atomic E-state index is -0.584. The SMILES string of the molecule is CCCCC(O)C1(C#N)Cc2ccccc2C1. The van der Waals surface area contributed by atoms with Crippen LogP contribution in [-0.4, -0.2) is 11.2 Å². The van der Waals surface area contributed by atoms with Crippen molar-refractivity contribution in [3.05, 3.63) is 35.4 Å². The fourth-order valence-electron chi connectivity index (χ4n) is 2.71. The van der Waals surface area contributed by atoms with Gasteiger partial charge in [0.1, 0.15) is 0 Å². The van der Waals surface area contributed by atoms with Crippen LogP contribution in [0, 0.1) is 16.7 Å². The minimum absolute atomic E-state index is 0.500. The van der Waals surface area contributed by atoms with Gasteiger partial charge in [0.15, 0.2) is 0 Å². The first-order valence-corrected chi connectivity index (χ1v) is 6.38. The van der Waals surface area contributed by atoms with Gasteiger partial charge in [0.05, 0.1) is 17.6 Å². The molecule has 0 saturated carbocycles. The van der Waals surface area contributed by atoms with E-state index in [0.717, 1.165) is 19.3 Å². The van der Waals surface area contributed by atoms with Gasteiger partial charge in [-0.15, -0.1) is 0 Å². The highest BCUT2D eigenvalue weighted by molar-refractivity contribution is 5.37. The predicted molar refractivity (Wildman–Crippen MR) is 67.4 cm³/mol. The van der Waals surface area contributed by atoms with Crippen LogP contribution in [0.1, 0.15) is 37.3 Å². The molecular weight excluding hydrogens is 210 g/mol. The summed E-state index contributed by atoms with van der Waals surface area (Å²) in [5, 5.41) is 19.7. The second-order valence-corrected chi connectivity index (χ2v) is 5.05. The highest BCUT2D eigenvalue weighted by Gasteiger charge is 2.43. The lowest BCUT2D eigenvalue weighted by Gasteiger charge is -2.26. The van der Waals surface area contributed by atoms with Crippen molar-refractivity contribution >= 4 is 0 Å². The quantitative estimate of drug-likeness (QED) is 0.862. The Labute approximate surface area is 103 Å². The molecule has 0 bridgehead atoms. The summed E-state index contributed by atoms with van der Waals surface area (Å²) in [7, 11) is 0. The monoisotopic (exact) mass is 229 g/mol. The lowest BCUT2D eigenvalue weighted by atomic mass is 9.78. The van der Waals surface area contributed by atoms with Gasteiger partial charge in [0.2, 0.25) is 0 Å². The summed E-state index contributed by atoms with van der Waals surface area (Å²) in [6, 6.07) is 10.5. The predicted octanol–water partition coefficient (Wildman–Crippen LogP) is 2.85. The second-order valence-electron chi connectivity index (χ2n) is 5.05. The number of rotatable bonds is 4. The molecule has 0 saturated heterocycles. The normalized spacial score (nSPS) is 18.4.